The van der Waals surface area contributed by atoms with Crippen LogP contribution in [0.25, 0.3) is 10.2 Å². The standard InChI is InChI=1S/C10H8F3N3O2S.ClH/c11-10(12,13)18-5-1-2-6-7(3-5)19-9(15-6)16-8(17)4-14;/h1-3H,4,14H2,(H,15,16,17);1H. The van der Waals surface area contributed by atoms with Crippen molar-refractivity contribution in [3.63, 3.8) is 0 Å². The van der Waals surface area contributed by atoms with E-state index in [1.54, 1.807) is 0 Å². The summed E-state index contributed by atoms with van der Waals surface area (Å²) in [6.07, 6.45) is -4.74. The maximum absolute atomic E-state index is 12.1. The predicted molar refractivity (Wildman–Crippen MR) is 71.2 cm³/mol. The maximum Gasteiger partial charge on any atom is 0.573 e. The van der Waals surface area contributed by atoms with Crippen LogP contribution in [0.4, 0.5) is 18.3 Å². The number of alkyl halides is 3. The molecule has 20 heavy (non-hydrogen) atoms. The molecular weight excluding hydrogens is 319 g/mol. The lowest BCUT2D eigenvalue weighted by Gasteiger charge is -2.07. The van der Waals surface area contributed by atoms with Gasteiger partial charge in [0, 0.05) is 6.07 Å². The average molecular weight is 328 g/mol. The quantitative estimate of drug-likeness (QED) is 0.908. The fourth-order valence-electron chi connectivity index (χ4n) is 1.33. The fraction of sp³-hybridized carbons (Fsp3) is 0.200. The summed E-state index contributed by atoms with van der Waals surface area (Å²) in [6, 6.07) is 3.74. The van der Waals surface area contributed by atoms with Gasteiger partial charge in [0.15, 0.2) is 5.13 Å². The van der Waals surface area contributed by atoms with E-state index < -0.39 is 12.3 Å². The lowest BCUT2D eigenvalue weighted by atomic mass is 10.3. The first-order chi connectivity index (χ1) is 8.87. The van der Waals surface area contributed by atoms with E-state index in [4.69, 9.17) is 5.73 Å². The molecule has 0 radical (unpaired) electrons. The number of nitrogens with two attached hydrogens (primary N) is 1. The number of benzene rings is 1. The molecule has 0 spiro atoms. The van der Waals surface area contributed by atoms with Crippen molar-refractivity contribution in [3.8, 4) is 5.75 Å². The highest BCUT2D eigenvalue weighted by atomic mass is 35.5. The first-order valence-corrected chi connectivity index (χ1v) is 5.85. The van der Waals surface area contributed by atoms with Gasteiger partial charge in [-0.15, -0.1) is 25.6 Å². The smallest absolute Gasteiger partial charge is 0.406 e. The third kappa shape index (κ3) is 4.22. The Morgan fingerprint density at radius 2 is 2.15 bits per heavy atom. The molecule has 0 bridgehead atoms. The zero-order valence-electron chi connectivity index (χ0n) is 9.73. The summed E-state index contributed by atoms with van der Waals surface area (Å²) in [5.74, 6) is -0.758. The van der Waals surface area contributed by atoms with Gasteiger partial charge in [0.2, 0.25) is 5.91 Å². The summed E-state index contributed by atoms with van der Waals surface area (Å²) < 4.78 is 40.4. The van der Waals surface area contributed by atoms with Crippen LogP contribution in [0.5, 0.6) is 5.75 Å². The SMILES string of the molecule is Cl.NCC(=O)Nc1nc2ccc(OC(F)(F)F)cc2s1. The second-order valence-electron chi connectivity index (χ2n) is 3.45. The zero-order chi connectivity index (χ0) is 14.0. The van der Waals surface area contributed by atoms with E-state index in [0.717, 1.165) is 17.4 Å². The summed E-state index contributed by atoms with van der Waals surface area (Å²) in [7, 11) is 0. The Balaban J connectivity index is 0.00000200. The molecular formula is C10H9ClF3N3O2S. The first kappa shape index (κ1) is 16.5. The third-order valence-corrected chi connectivity index (χ3v) is 2.96. The van der Waals surface area contributed by atoms with Gasteiger partial charge >= 0.3 is 6.36 Å². The van der Waals surface area contributed by atoms with Crippen LogP contribution >= 0.6 is 23.7 Å². The van der Waals surface area contributed by atoms with Crippen LogP contribution < -0.4 is 15.8 Å². The molecule has 0 saturated heterocycles. The molecule has 10 heteroatoms. The second-order valence-corrected chi connectivity index (χ2v) is 4.48. The minimum Gasteiger partial charge on any atom is -0.406 e. The van der Waals surface area contributed by atoms with Gasteiger partial charge in [-0.3, -0.25) is 4.79 Å². The van der Waals surface area contributed by atoms with Crippen molar-refractivity contribution >= 4 is 45.0 Å². The van der Waals surface area contributed by atoms with E-state index in [2.05, 4.69) is 15.0 Å². The van der Waals surface area contributed by atoms with Crippen molar-refractivity contribution in [2.45, 2.75) is 6.36 Å². The number of halogens is 4. The topological polar surface area (TPSA) is 77.2 Å². The summed E-state index contributed by atoms with van der Waals surface area (Å²) in [5, 5.41) is 2.70. The lowest BCUT2D eigenvalue weighted by Crippen LogP contribution is -2.21. The number of amides is 1. The average Bonchev–Trinajstić information content (AvgIpc) is 2.68. The molecule has 0 aliphatic heterocycles. The summed E-state index contributed by atoms with van der Waals surface area (Å²) in [4.78, 5) is 15.1. The molecule has 0 unspecified atom stereocenters. The van der Waals surface area contributed by atoms with E-state index >= 15 is 0 Å². The van der Waals surface area contributed by atoms with Gasteiger partial charge < -0.3 is 15.8 Å². The highest BCUT2D eigenvalue weighted by molar-refractivity contribution is 7.22. The third-order valence-electron chi connectivity index (χ3n) is 2.03. The molecule has 0 saturated carbocycles. The molecule has 2 aromatic rings. The number of anilines is 1. The first-order valence-electron chi connectivity index (χ1n) is 5.03. The van der Waals surface area contributed by atoms with Crippen molar-refractivity contribution < 1.29 is 22.7 Å². The van der Waals surface area contributed by atoms with Gasteiger partial charge in [-0.05, 0) is 12.1 Å². The highest BCUT2D eigenvalue weighted by Gasteiger charge is 2.31. The number of hydrogen-bond donors (Lipinski definition) is 2. The zero-order valence-corrected chi connectivity index (χ0v) is 11.4. The fourth-order valence-corrected chi connectivity index (χ4v) is 2.24. The number of carbonyl (C=O) groups is 1. The molecule has 1 aromatic heterocycles. The Labute approximate surface area is 121 Å². The number of fused-ring (bicyclic) bond motifs is 1. The number of nitrogens with one attached hydrogen (secondary N) is 1. The minimum atomic E-state index is -4.74. The molecule has 0 atom stereocenters. The van der Waals surface area contributed by atoms with E-state index in [0.29, 0.717) is 10.2 Å². The number of nitrogens with zero attached hydrogens (tertiary/aromatic N) is 1. The van der Waals surface area contributed by atoms with Crippen LogP contribution in [-0.4, -0.2) is 23.8 Å². The van der Waals surface area contributed by atoms with E-state index in [9.17, 15) is 18.0 Å². The number of hydrogen-bond acceptors (Lipinski definition) is 5. The molecule has 110 valence electrons. The normalized spacial score (nSPS) is 11.0. The number of thiazole rings is 1. The van der Waals surface area contributed by atoms with E-state index in [-0.39, 0.29) is 29.8 Å². The van der Waals surface area contributed by atoms with Gasteiger partial charge in [-0.25, -0.2) is 4.98 Å². The Hall–Kier alpha value is -1.58. The summed E-state index contributed by atoms with van der Waals surface area (Å²) in [5.41, 5.74) is 5.59. The Morgan fingerprint density at radius 3 is 2.75 bits per heavy atom. The van der Waals surface area contributed by atoms with Crippen molar-refractivity contribution in [3.05, 3.63) is 18.2 Å². The molecule has 0 aliphatic rings. The van der Waals surface area contributed by atoms with Gasteiger partial charge in [-0.1, -0.05) is 11.3 Å². The molecule has 0 fully saturated rings. The second kappa shape index (κ2) is 6.25. The van der Waals surface area contributed by atoms with E-state index in [1.807, 2.05) is 0 Å². The van der Waals surface area contributed by atoms with Gasteiger partial charge in [0.1, 0.15) is 5.75 Å². The predicted octanol–water partition coefficient (Wildman–Crippen LogP) is 2.51. The number of aromatic nitrogens is 1. The van der Waals surface area contributed by atoms with Crippen LogP contribution in [-0.2, 0) is 4.79 Å². The molecule has 1 heterocycles. The van der Waals surface area contributed by atoms with Gasteiger partial charge in [0.05, 0.1) is 16.8 Å². The maximum atomic E-state index is 12.1. The number of rotatable bonds is 3. The highest BCUT2D eigenvalue weighted by Crippen LogP contribution is 2.31. The Kier molecular flexibility index (Phi) is 5.15. The summed E-state index contributed by atoms with van der Waals surface area (Å²) in [6.45, 7) is -0.196. The number of ether oxygens (including phenoxy) is 1. The van der Waals surface area contributed by atoms with Gasteiger partial charge in [-0.2, -0.15) is 0 Å². The molecule has 5 nitrogen and oxygen atoms in total. The number of carbonyl (C=O) groups excluding carboxylic acids is 1. The van der Waals surface area contributed by atoms with Crippen LogP contribution in [0.15, 0.2) is 18.2 Å². The van der Waals surface area contributed by atoms with Crippen molar-refractivity contribution in [1.82, 2.24) is 4.98 Å². The monoisotopic (exact) mass is 327 g/mol. The van der Waals surface area contributed by atoms with Crippen LogP contribution in [0, 0.1) is 0 Å². The van der Waals surface area contributed by atoms with Crippen LogP contribution in [0.1, 0.15) is 0 Å². The molecule has 1 amide bonds. The Bertz CT molecular complexity index is 617. The molecule has 1 aromatic carbocycles. The van der Waals surface area contributed by atoms with Crippen molar-refractivity contribution in [1.29, 1.82) is 0 Å². The van der Waals surface area contributed by atoms with Crippen molar-refractivity contribution in [2.75, 3.05) is 11.9 Å². The Morgan fingerprint density at radius 1 is 1.45 bits per heavy atom. The lowest BCUT2D eigenvalue weighted by molar-refractivity contribution is -0.274. The van der Waals surface area contributed by atoms with Gasteiger partial charge in [0.25, 0.3) is 0 Å². The molecule has 0 aliphatic carbocycles. The summed E-state index contributed by atoms with van der Waals surface area (Å²) >= 11 is 1.04. The van der Waals surface area contributed by atoms with Crippen LogP contribution in [0.3, 0.4) is 0 Å². The van der Waals surface area contributed by atoms with Crippen LogP contribution in [0.2, 0.25) is 0 Å². The molecule has 3 N–H and O–H groups in total. The largest absolute Gasteiger partial charge is 0.573 e. The minimum absolute atomic E-state index is 0. The van der Waals surface area contributed by atoms with E-state index in [1.165, 1.54) is 12.1 Å². The molecule has 2 rings (SSSR count). The van der Waals surface area contributed by atoms with Crippen molar-refractivity contribution in [2.24, 2.45) is 5.73 Å².